The van der Waals surface area contributed by atoms with E-state index in [0.29, 0.717) is 31.0 Å². The Bertz CT molecular complexity index is 1530. The fraction of sp³-hybridized carbons (Fsp3) is 0.304. The second-order valence-electron chi connectivity index (χ2n) is 7.76. The van der Waals surface area contributed by atoms with Crippen molar-refractivity contribution in [3.63, 3.8) is 0 Å². The van der Waals surface area contributed by atoms with E-state index in [1.807, 2.05) is 0 Å². The van der Waals surface area contributed by atoms with Crippen molar-refractivity contribution in [1.29, 1.82) is 0 Å². The second-order valence-corrected chi connectivity index (χ2v) is 9.25. The number of nitrogens with zero attached hydrogens (tertiary/aromatic N) is 3. The number of aromatic nitrogens is 3. The molecule has 2 N–H and O–H groups in total. The second kappa shape index (κ2) is 13.8. The summed E-state index contributed by atoms with van der Waals surface area (Å²) < 4.78 is 88.1. The summed E-state index contributed by atoms with van der Waals surface area (Å²) in [5.41, 5.74) is -5.76. The van der Waals surface area contributed by atoms with Crippen LogP contribution in [0.25, 0.3) is 5.69 Å². The standard InChI is InChI=1S/C23H20ClF5N4O7S/c1-37-2-3-38-4-5-39-20(35)11-40-21-17(6-12(25)10-31-21)41-16-8-15(14(26)7-13(16)24)32-19(34)9-18(23(27,28)29)33(30)22(32)36/h6-10H,2-5,11,30H2,1H3. The lowest BCUT2D eigenvalue weighted by Gasteiger charge is -2.15. The van der Waals surface area contributed by atoms with Gasteiger partial charge in [0.2, 0.25) is 5.88 Å². The van der Waals surface area contributed by atoms with Crippen LogP contribution in [-0.2, 0) is 25.2 Å². The third kappa shape index (κ3) is 8.18. The average Bonchev–Trinajstić information content (AvgIpc) is 2.89. The Balaban J connectivity index is 1.86. The molecule has 0 amide bonds. The Morgan fingerprint density at radius 3 is 2.46 bits per heavy atom. The van der Waals surface area contributed by atoms with Gasteiger partial charge in [0.15, 0.2) is 12.3 Å². The lowest BCUT2D eigenvalue weighted by molar-refractivity contribution is -0.147. The van der Waals surface area contributed by atoms with Gasteiger partial charge < -0.3 is 24.8 Å². The number of carbonyl (C=O) groups excluding carboxylic acids is 1. The molecular formula is C23H20ClF5N4O7S. The Labute approximate surface area is 236 Å². The maximum absolute atomic E-state index is 14.8. The van der Waals surface area contributed by atoms with Crippen molar-refractivity contribution < 1.29 is 45.7 Å². The first-order chi connectivity index (χ1) is 19.3. The van der Waals surface area contributed by atoms with Crippen LogP contribution in [0.1, 0.15) is 5.69 Å². The van der Waals surface area contributed by atoms with Gasteiger partial charge in [0, 0.05) is 18.1 Å². The smallest absolute Gasteiger partial charge is 0.433 e. The largest absolute Gasteiger partial charge is 0.465 e. The third-order valence-electron chi connectivity index (χ3n) is 4.92. The van der Waals surface area contributed by atoms with Crippen LogP contribution in [0.15, 0.2) is 49.8 Å². The zero-order valence-electron chi connectivity index (χ0n) is 20.9. The maximum Gasteiger partial charge on any atom is 0.433 e. The molecule has 0 fully saturated rings. The highest BCUT2D eigenvalue weighted by Crippen LogP contribution is 2.39. The Morgan fingerprint density at radius 2 is 1.78 bits per heavy atom. The van der Waals surface area contributed by atoms with Gasteiger partial charge in [-0.15, -0.1) is 0 Å². The summed E-state index contributed by atoms with van der Waals surface area (Å²) in [5.74, 6) is 2.08. The summed E-state index contributed by atoms with van der Waals surface area (Å²) in [5, 5.41) is -0.285. The van der Waals surface area contributed by atoms with E-state index in [0.717, 1.165) is 18.3 Å². The zero-order valence-corrected chi connectivity index (χ0v) is 22.4. The van der Waals surface area contributed by atoms with Gasteiger partial charge in [-0.05, 0) is 18.2 Å². The van der Waals surface area contributed by atoms with Gasteiger partial charge in [-0.3, -0.25) is 4.79 Å². The molecular weight excluding hydrogens is 607 g/mol. The molecule has 3 aromatic rings. The fourth-order valence-electron chi connectivity index (χ4n) is 3.10. The van der Waals surface area contributed by atoms with Crippen molar-refractivity contribution in [3.8, 4) is 11.6 Å². The van der Waals surface area contributed by atoms with Gasteiger partial charge in [0.1, 0.15) is 18.2 Å². The van der Waals surface area contributed by atoms with Crippen molar-refractivity contribution in [2.75, 3.05) is 46.0 Å². The minimum atomic E-state index is -5.14. The van der Waals surface area contributed by atoms with Crippen LogP contribution in [0.4, 0.5) is 22.0 Å². The van der Waals surface area contributed by atoms with E-state index < -0.39 is 53.0 Å². The van der Waals surface area contributed by atoms with Crippen LogP contribution >= 0.6 is 23.4 Å². The average molecular weight is 627 g/mol. The molecule has 0 radical (unpaired) electrons. The van der Waals surface area contributed by atoms with Crippen LogP contribution in [0, 0.1) is 11.6 Å². The molecule has 0 aliphatic rings. The van der Waals surface area contributed by atoms with Crippen molar-refractivity contribution in [2.24, 2.45) is 0 Å². The monoisotopic (exact) mass is 626 g/mol. The summed E-state index contributed by atoms with van der Waals surface area (Å²) >= 11 is 6.73. The Hall–Kier alpha value is -3.67. The van der Waals surface area contributed by atoms with Gasteiger partial charge in [0.05, 0.1) is 41.6 Å². The van der Waals surface area contributed by atoms with E-state index in [1.165, 1.54) is 7.11 Å². The molecule has 0 spiro atoms. The van der Waals surface area contributed by atoms with Gasteiger partial charge in [-0.2, -0.15) is 13.2 Å². The molecule has 2 aromatic heterocycles. The summed E-state index contributed by atoms with van der Waals surface area (Å²) in [7, 11) is 1.50. The van der Waals surface area contributed by atoms with Gasteiger partial charge in [-0.25, -0.2) is 32.6 Å². The van der Waals surface area contributed by atoms with E-state index in [2.05, 4.69) is 4.98 Å². The molecule has 0 aliphatic heterocycles. The molecule has 0 unspecified atom stereocenters. The van der Waals surface area contributed by atoms with E-state index >= 15 is 0 Å². The van der Waals surface area contributed by atoms with Crippen molar-refractivity contribution in [3.05, 3.63) is 73.7 Å². The fourth-order valence-corrected chi connectivity index (χ4v) is 4.30. The number of pyridine rings is 1. The minimum absolute atomic E-state index is 0.0233. The third-order valence-corrected chi connectivity index (χ3v) is 6.42. The summed E-state index contributed by atoms with van der Waals surface area (Å²) in [6, 6.07) is 2.52. The molecule has 11 nitrogen and oxygen atoms in total. The maximum atomic E-state index is 14.8. The summed E-state index contributed by atoms with van der Waals surface area (Å²) in [6.45, 7) is 0.0526. The number of hydrogen-bond donors (Lipinski definition) is 1. The van der Waals surface area contributed by atoms with E-state index in [1.54, 1.807) is 0 Å². The predicted octanol–water partition coefficient (Wildman–Crippen LogP) is 2.79. The van der Waals surface area contributed by atoms with E-state index in [9.17, 15) is 36.3 Å². The first kappa shape index (κ1) is 31.9. The van der Waals surface area contributed by atoms with Crippen LogP contribution in [0.3, 0.4) is 0 Å². The number of benzene rings is 1. The van der Waals surface area contributed by atoms with Gasteiger partial charge >= 0.3 is 17.8 Å². The van der Waals surface area contributed by atoms with Crippen LogP contribution in [0.5, 0.6) is 5.88 Å². The Morgan fingerprint density at radius 1 is 1.07 bits per heavy atom. The topological polar surface area (TPSA) is 137 Å². The van der Waals surface area contributed by atoms with E-state index in [4.69, 9.17) is 36.4 Å². The normalized spacial score (nSPS) is 11.5. The number of rotatable bonds is 12. The predicted molar refractivity (Wildman–Crippen MR) is 134 cm³/mol. The van der Waals surface area contributed by atoms with Crippen molar-refractivity contribution in [2.45, 2.75) is 16.0 Å². The molecule has 2 heterocycles. The number of nitrogens with two attached hydrogens (primary N) is 1. The van der Waals surface area contributed by atoms with Crippen molar-refractivity contribution >= 4 is 29.3 Å². The highest BCUT2D eigenvalue weighted by Gasteiger charge is 2.36. The number of hydrogen-bond acceptors (Lipinski definition) is 10. The minimum Gasteiger partial charge on any atom is -0.465 e. The lowest BCUT2D eigenvalue weighted by Crippen LogP contribution is -2.45. The number of alkyl halides is 3. The molecule has 41 heavy (non-hydrogen) atoms. The zero-order chi connectivity index (χ0) is 30.3. The Kier molecular flexibility index (Phi) is 10.7. The quantitative estimate of drug-likeness (QED) is 0.138. The van der Waals surface area contributed by atoms with Gasteiger partial charge in [-0.1, -0.05) is 23.4 Å². The molecule has 18 heteroatoms. The molecule has 0 atom stereocenters. The first-order valence-corrected chi connectivity index (χ1v) is 12.4. The molecule has 3 rings (SSSR count). The van der Waals surface area contributed by atoms with Crippen molar-refractivity contribution in [1.82, 2.24) is 14.2 Å². The summed E-state index contributed by atoms with van der Waals surface area (Å²) in [6.07, 6.45) is -4.35. The highest BCUT2D eigenvalue weighted by atomic mass is 35.5. The van der Waals surface area contributed by atoms with Gasteiger partial charge in [0.25, 0.3) is 5.56 Å². The number of ether oxygens (including phenoxy) is 4. The molecule has 222 valence electrons. The van der Waals surface area contributed by atoms with E-state index in [-0.39, 0.29) is 49.2 Å². The lowest BCUT2D eigenvalue weighted by atomic mass is 10.3. The molecule has 0 aliphatic carbocycles. The number of halogens is 6. The SMILES string of the molecule is COCCOCCOC(=O)COc1ncc(F)cc1Sc1cc(-n2c(=O)cc(C(F)(F)F)n(N)c2=O)c(F)cc1Cl. The summed E-state index contributed by atoms with van der Waals surface area (Å²) in [4.78, 5) is 40.5. The first-order valence-electron chi connectivity index (χ1n) is 11.2. The number of methoxy groups -OCH3 is 1. The number of carbonyl (C=O) groups is 1. The molecule has 0 saturated heterocycles. The van der Waals surface area contributed by atoms with Crippen LogP contribution < -0.4 is 21.8 Å². The molecule has 0 bridgehead atoms. The number of esters is 1. The highest BCUT2D eigenvalue weighted by molar-refractivity contribution is 7.99. The van der Waals surface area contributed by atoms with Crippen LogP contribution in [0.2, 0.25) is 5.02 Å². The molecule has 0 saturated carbocycles. The molecule has 1 aromatic carbocycles. The van der Waals surface area contributed by atoms with Crippen LogP contribution in [-0.4, -0.2) is 60.3 Å². The number of nitrogen functional groups attached to an aromatic ring is 1.